The minimum absolute atomic E-state index is 0.0452. The number of primary amides is 1. The number of carboxylic acids is 5. The summed E-state index contributed by atoms with van der Waals surface area (Å²) in [5, 5.41) is 88.8. The smallest absolute Gasteiger partial charge is 0.329 e. The third-order valence-electron chi connectivity index (χ3n) is 19.1. The van der Waals surface area contributed by atoms with Gasteiger partial charge < -0.3 is 127 Å². The first kappa shape index (κ1) is 101. The molecule has 2 aromatic carbocycles. The highest BCUT2D eigenvalue weighted by molar-refractivity contribution is 6.05. The average molecular weight is 1720 g/mol. The highest BCUT2D eigenvalue weighted by Gasteiger charge is 2.42. The van der Waals surface area contributed by atoms with Crippen molar-refractivity contribution in [1.29, 1.82) is 0 Å². The van der Waals surface area contributed by atoms with E-state index in [0.717, 1.165) is 58.9 Å². The van der Waals surface area contributed by atoms with Crippen LogP contribution in [-0.4, -0.2) is 258 Å². The van der Waals surface area contributed by atoms with Crippen LogP contribution in [-0.2, 0) is 107 Å². The topological polar surface area (TPSA) is 739 Å². The number of carbonyl (C=O) groups is 21. The van der Waals surface area contributed by atoms with E-state index in [1.54, 1.807) is 30.5 Å². The summed E-state index contributed by atoms with van der Waals surface area (Å²) in [4.78, 5) is 292. The van der Waals surface area contributed by atoms with Gasteiger partial charge in [0.25, 0.3) is 0 Å². The lowest BCUT2D eigenvalue weighted by Gasteiger charge is -2.31. The minimum atomic E-state index is -2.62. The van der Waals surface area contributed by atoms with Crippen molar-refractivity contribution in [3.8, 4) is 0 Å². The predicted octanol–water partition coefficient (Wildman–Crippen LogP) is -4.75. The maximum atomic E-state index is 15.3. The number of hydrogen-bond acceptors (Lipinski definition) is 25. The summed E-state index contributed by atoms with van der Waals surface area (Å²) >= 11 is 0. The number of cyclic esters (lactones) is 1. The first-order valence-electron chi connectivity index (χ1n) is 39.2. The number of aromatic nitrogens is 1. The van der Waals surface area contributed by atoms with E-state index in [0.29, 0.717) is 35.2 Å². The van der Waals surface area contributed by atoms with Crippen LogP contribution in [0.25, 0.3) is 10.9 Å². The summed E-state index contributed by atoms with van der Waals surface area (Å²) < 4.78 is 5.73. The van der Waals surface area contributed by atoms with Gasteiger partial charge in [-0.2, -0.15) is 0 Å². The Balaban J connectivity index is 1.95. The van der Waals surface area contributed by atoms with Crippen LogP contribution in [0.5, 0.6) is 0 Å². The summed E-state index contributed by atoms with van der Waals surface area (Å²) in [6, 6.07) is -13.8. The fraction of sp³-hybridized carbons (Fsp3) is 0.545. The molecule has 1 fully saturated rings. The van der Waals surface area contributed by atoms with Crippen molar-refractivity contribution in [2.75, 3.05) is 25.4 Å². The van der Waals surface area contributed by atoms with Crippen LogP contribution < -0.4 is 86.3 Å². The van der Waals surface area contributed by atoms with Crippen LogP contribution >= 0.6 is 0 Å². The van der Waals surface area contributed by atoms with Gasteiger partial charge in [0.1, 0.15) is 78.6 Å². The van der Waals surface area contributed by atoms with E-state index in [4.69, 9.17) is 21.9 Å². The zero-order chi connectivity index (χ0) is 91.2. The second kappa shape index (κ2) is 50.6. The van der Waals surface area contributed by atoms with Crippen molar-refractivity contribution in [2.24, 2.45) is 23.3 Å². The van der Waals surface area contributed by atoms with Gasteiger partial charge in [0.05, 0.1) is 45.3 Å². The molecule has 1 saturated heterocycles. The Labute approximate surface area is 698 Å². The number of para-hydroxylation sites is 2. The number of amides is 14. The van der Waals surface area contributed by atoms with Crippen LogP contribution in [0, 0.1) is 11.8 Å². The van der Waals surface area contributed by atoms with Gasteiger partial charge >= 0.3 is 35.8 Å². The number of nitrogens with one attached hydrogen (secondary N) is 14. The Kier molecular flexibility index (Phi) is 42.0. The van der Waals surface area contributed by atoms with Crippen molar-refractivity contribution >= 4 is 141 Å². The lowest BCUT2D eigenvalue weighted by atomic mass is 9.96. The largest absolute Gasteiger partial charge is 0.481 e. The number of carbonyl (C=O) groups excluding carboxylic acids is 16. The number of unbranched alkanes of at least 4 members (excludes halogenated alkanes) is 5. The third kappa shape index (κ3) is 35.0. The first-order valence-corrected chi connectivity index (χ1v) is 39.2. The molecule has 4 rings (SSSR count). The number of carboxylic acid groups (broad SMARTS) is 5. The van der Waals surface area contributed by atoms with Crippen LogP contribution in [0.2, 0.25) is 0 Å². The molecule has 0 radical (unpaired) electrons. The molecule has 3 aromatic rings. The lowest BCUT2D eigenvalue weighted by molar-refractivity contribution is -0.156. The number of aliphatic carboxylic acids is 5. The van der Waals surface area contributed by atoms with Crippen molar-refractivity contribution in [1.82, 2.24) is 74.1 Å². The molecular formula is C77H109N17O28. The van der Waals surface area contributed by atoms with E-state index in [1.165, 1.54) is 18.2 Å². The zero-order valence-corrected chi connectivity index (χ0v) is 67.8. The Morgan fingerprint density at radius 1 is 0.516 bits per heavy atom. The number of aromatic amines is 1. The van der Waals surface area contributed by atoms with E-state index >= 15 is 14.4 Å². The van der Waals surface area contributed by atoms with Gasteiger partial charge in [-0.3, -0.25) is 95.9 Å². The summed E-state index contributed by atoms with van der Waals surface area (Å²) in [7, 11) is 0. The van der Waals surface area contributed by atoms with E-state index in [9.17, 15) is 117 Å². The van der Waals surface area contributed by atoms with Crippen LogP contribution in [0.3, 0.4) is 0 Å². The molecule has 0 spiro atoms. The number of nitrogen functional groups attached to an aromatic ring is 1. The SMILES string of the molecule is CC(C)CCCCCCCCC(=O)N[C@@H](Cc1c[nH]c2ccccc12)C(=O)N[C@@H](CC(N)=O)C(=O)N[C@@H](CC(=O)O)C(=O)N[C@@H]1C(=O)N[C@@H](CCC(=O)O)C(=O)N[C@@H](CCCN)C(=O)N[C@@H](CC(=O)O)C(=O)N[C@H](C)C(=O)N[C@@H](CC(=O)O)C(=O)NCC(=O)N[C@H](CO)C(=O)N[C@@H](C(C)CC(=O)O)C(=O)N[C@@H](CC(=O)c2ccccc2N)C(=O)O[C@@H]1C. The number of aliphatic hydroxyl groups excluding tert-OH is 1. The van der Waals surface area contributed by atoms with Gasteiger partial charge in [-0.15, -0.1) is 0 Å². The summed E-state index contributed by atoms with van der Waals surface area (Å²) in [6.45, 7) is 4.29. The van der Waals surface area contributed by atoms with Crippen molar-refractivity contribution in [3.63, 3.8) is 0 Å². The molecular weight excluding hydrogens is 1610 g/mol. The molecule has 1 aromatic heterocycles. The molecule has 0 bridgehead atoms. The number of Topliss-reactive ketones (excluding diaryl/α,β-unsaturated/α-hetero) is 1. The van der Waals surface area contributed by atoms with Crippen molar-refractivity contribution in [3.05, 3.63) is 65.9 Å². The number of ketones is 1. The summed E-state index contributed by atoms with van der Waals surface area (Å²) in [5.74, 6) is -32.1. The fourth-order valence-electron chi connectivity index (χ4n) is 12.6. The average Bonchev–Trinajstić information content (AvgIpc) is 1.64. The number of anilines is 1. The van der Waals surface area contributed by atoms with Gasteiger partial charge in [-0.25, -0.2) is 4.79 Å². The van der Waals surface area contributed by atoms with E-state index in [2.05, 4.69) is 72.0 Å². The molecule has 14 atom stereocenters. The maximum absolute atomic E-state index is 15.3. The Bertz CT molecular complexity index is 4290. The van der Waals surface area contributed by atoms with E-state index in [1.807, 2.05) is 16.0 Å². The molecule has 0 saturated carbocycles. The Hall–Kier alpha value is -13.2. The number of esters is 1. The second-order valence-electron chi connectivity index (χ2n) is 29.6. The molecule has 14 amide bonds. The number of aliphatic hydroxyl groups is 1. The van der Waals surface area contributed by atoms with Gasteiger partial charge in [0, 0.05) is 54.0 Å². The number of nitrogens with two attached hydrogens (primary N) is 3. The maximum Gasteiger partial charge on any atom is 0.329 e. The fourth-order valence-corrected chi connectivity index (χ4v) is 12.6. The standard InChI is InChI=1S/C77H109N17O28/c1-37(2)17-10-8-6-7-9-11-23-57(98)84-48(28-41-34-81-45-21-15-13-18-42(41)45)71(115)89-49(30-56(80)97)72(116)91-52(33-63(108)109)73(117)94-65-40(5)122-77(121)53(29-55(96)43-19-12-14-20-44(43)79)92-75(119)64(38(3)27-60(102)103)93-74(118)54(36-95)85-58(99)35-82-67(111)50(31-61(104)105)88-66(110)39(4)83-70(114)51(32-62(106)107)90-68(112)46(22-16-26-78)86-69(113)47(87-76(65)120)24-25-59(100)101/h12-15,18-21,34,37-40,46-54,64-65,81,95H,6-11,16-17,22-33,35-36,78-79H2,1-5H3,(H2,80,97)(H,82,111)(H,83,114)(H,84,98)(H,85,99)(H,86,113)(H,87,120)(H,88,110)(H,89,115)(H,90,112)(H,91,116)(H,92,119)(H,93,118)(H,94,117)(H,100,101)(H,102,103)(H,104,105)(H,106,107)(H,108,109)/t38?,39-,40-,46+,47+,48+,49+,50+,51+,52+,53+,54-,64+,65+/m1/s1. The van der Waals surface area contributed by atoms with E-state index in [-0.39, 0.29) is 37.1 Å². The number of rotatable bonds is 39. The first-order chi connectivity index (χ1) is 57.5. The third-order valence-corrected chi connectivity index (χ3v) is 19.1. The minimum Gasteiger partial charge on any atom is -0.481 e. The molecule has 122 heavy (non-hydrogen) atoms. The molecule has 670 valence electrons. The Morgan fingerprint density at radius 2 is 1.06 bits per heavy atom. The molecule has 1 aliphatic rings. The summed E-state index contributed by atoms with van der Waals surface area (Å²) in [6.07, 6.45) is -5.16. The molecule has 1 aliphatic heterocycles. The predicted molar refractivity (Wildman–Crippen MR) is 425 cm³/mol. The van der Waals surface area contributed by atoms with Crippen LogP contribution in [0.15, 0.2) is 54.7 Å². The molecule has 0 aliphatic carbocycles. The van der Waals surface area contributed by atoms with Crippen molar-refractivity contribution in [2.45, 2.75) is 235 Å². The molecule has 1 unspecified atom stereocenters. The second-order valence-corrected chi connectivity index (χ2v) is 29.6. The lowest BCUT2D eigenvalue weighted by Crippen LogP contribution is -2.63. The molecule has 2 heterocycles. The molecule has 26 N–H and O–H groups in total. The van der Waals surface area contributed by atoms with Crippen molar-refractivity contribution < 1.29 is 136 Å². The molecule has 45 nitrogen and oxygen atoms in total. The van der Waals surface area contributed by atoms with E-state index < -0.39 is 280 Å². The monoisotopic (exact) mass is 1720 g/mol. The van der Waals surface area contributed by atoms with Gasteiger partial charge in [-0.05, 0) is 81.7 Å². The van der Waals surface area contributed by atoms with Gasteiger partial charge in [0.15, 0.2) is 5.78 Å². The number of ether oxygens (including phenoxy) is 1. The molecule has 45 heteroatoms. The van der Waals surface area contributed by atoms with Crippen LogP contribution in [0.1, 0.15) is 166 Å². The number of benzene rings is 2. The number of hydrogen-bond donors (Lipinski definition) is 23. The quantitative estimate of drug-likeness (QED) is 0.0110. The highest BCUT2D eigenvalue weighted by atomic mass is 16.5. The number of fused-ring (bicyclic) bond motifs is 1. The Morgan fingerprint density at radius 3 is 1.66 bits per heavy atom. The van der Waals surface area contributed by atoms with Gasteiger partial charge in [0.2, 0.25) is 82.7 Å². The normalized spacial score (nSPS) is 21.3. The van der Waals surface area contributed by atoms with Crippen LogP contribution in [0.4, 0.5) is 5.69 Å². The zero-order valence-electron chi connectivity index (χ0n) is 67.8. The highest BCUT2D eigenvalue weighted by Crippen LogP contribution is 2.22. The van der Waals surface area contributed by atoms with Gasteiger partial charge in [-0.1, -0.05) is 89.6 Å². The number of H-pyrrole nitrogens is 1. The summed E-state index contributed by atoms with van der Waals surface area (Å²) in [5.41, 5.74) is 18.1.